The number of benzene rings is 1. The zero-order valence-electron chi connectivity index (χ0n) is 11.4. The molecule has 3 aromatic rings. The summed E-state index contributed by atoms with van der Waals surface area (Å²) in [7, 11) is 0. The molecule has 4 nitrogen and oxygen atoms in total. The number of para-hydroxylation sites is 1. The molecule has 0 fully saturated rings. The highest BCUT2D eigenvalue weighted by Crippen LogP contribution is 2.21. The van der Waals surface area contributed by atoms with Gasteiger partial charge in [0.15, 0.2) is 0 Å². The zero-order chi connectivity index (χ0) is 15.5. The van der Waals surface area contributed by atoms with Crippen molar-refractivity contribution in [3.8, 4) is 23.0 Å². The van der Waals surface area contributed by atoms with Crippen molar-refractivity contribution < 1.29 is 0 Å². The lowest BCUT2D eigenvalue weighted by atomic mass is 10.1. The standard InChI is InChI=1S/C17H10BrN3O/c18-14-9-13(15-6-3-4-8-20-15)11-21(17(14)22)16-7-2-1-5-12(16)10-19/h1-9,11H. The van der Waals surface area contributed by atoms with Gasteiger partial charge in [-0.05, 0) is 46.3 Å². The smallest absolute Gasteiger partial charge is 0.269 e. The Kier molecular flexibility index (Phi) is 3.86. The first-order valence-electron chi connectivity index (χ1n) is 6.54. The summed E-state index contributed by atoms with van der Waals surface area (Å²) in [6, 6.07) is 16.4. The summed E-state index contributed by atoms with van der Waals surface area (Å²) in [5.41, 5.74) is 2.32. The maximum atomic E-state index is 12.4. The van der Waals surface area contributed by atoms with E-state index < -0.39 is 0 Å². The fraction of sp³-hybridized carbons (Fsp3) is 0. The van der Waals surface area contributed by atoms with Crippen LogP contribution in [0.25, 0.3) is 16.9 Å². The normalized spacial score (nSPS) is 10.2. The molecule has 0 aliphatic carbocycles. The molecule has 3 rings (SSSR count). The van der Waals surface area contributed by atoms with E-state index in [4.69, 9.17) is 0 Å². The highest BCUT2D eigenvalue weighted by molar-refractivity contribution is 9.10. The molecular weight excluding hydrogens is 342 g/mol. The number of rotatable bonds is 2. The van der Waals surface area contributed by atoms with Gasteiger partial charge in [-0.1, -0.05) is 18.2 Å². The van der Waals surface area contributed by atoms with E-state index in [-0.39, 0.29) is 5.56 Å². The fourth-order valence-corrected chi connectivity index (χ4v) is 2.62. The molecule has 0 bridgehead atoms. The fourth-order valence-electron chi connectivity index (χ4n) is 2.18. The number of nitriles is 1. The van der Waals surface area contributed by atoms with Crippen molar-refractivity contribution in [3.63, 3.8) is 0 Å². The Hall–Kier alpha value is -2.71. The number of pyridine rings is 2. The Morgan fingerprint density at radius 3 is 2.64 bits per heavy atom. The van der Waals surface area contributed by atoms with E-state index in [0.29, 0.717) is 15.7 Å². The van der Waals surface area contributed by atoms with Gasteiger partial charge in [-0.15, -0.1) is 0 Å². The van der Waals surface area contributed by atoms with E-state index in [1.54, 1.807) is 42.7 Å². The van der Waals surface area contributed by atoms with Crippen LogP contribution in [0.4, 0.5) is 0 Å². The Labute approximate surface area is 135 Å². The Morgan fingerprint density at radius 2 is 1.91 bits per heavy atom. The maximum Gasteiger partial charge on any atom is 0.269 e. The van der Waals surface area contributed by atoms with Crippen molar-refractivity contribution in [2.24, 2.45) is 0 Å². The van der Waals surface area contributed by atoms with Crippen molar-refractivity contribution in [1.29, 1.82) is 5.26 Å². The lowest BCUT2D eigenvalue weighted by Gasteiger charge is -2.10. The summed E-state index contributed by atoms with van der Waals surface area (Å²) < 4.78 is 1.88. The predicted octanol–water partition coefficient (Wildman–Crippen LogP) is 3.53. The number of hydrogen-bond donors (Lipinski definition) is 0. The van der Waals surface area contributed by atoms with Gasteiger partial charge in [0, 0.05) is 18.0 Å². The van der Waals surface area contributed by atoms with Gasteiger partial charge in [-0.25, -0.2) is 0 Å². The number of aromatic nitrogens is 2. The van der Waals surface area contributed by atoms with Crippen molar-refractivity contribution >= 4 is 15.9 Å². The van der Waals surface area contributed by atoms with E-state index in [9.17, 15) is 10.1 Å². The molecule has 22 heavy (non-hydrogen) atoms. The Morgan fingerprint density at radius 1 is 1.14 bits per heavy atom. The minimum atomic E-state index is -0.220. The SMILES string of the molecule is N#Cc1ccccc1-n1cc(-c2ccccn2)cc(Br)c1=O. The molecule has 0 unspecified atom stereocenters. The molecule has 0 N–H and O–H groups in total. The monoisotopic (exact) mass is 351 g/mol. The predicted molar refractivity (Wildman–Crippen MR) is 87.7 cm³/mol. The average molecular weight is 352 g/mol. The molecule has 0 aliphatic heterocycles. The van der Waals surface area contributed by atoms with Gasteiger partial charge in [0.2, 0.25) is 0 Å². The molecule has 106 valence electrons. The molecule has 0 saturated carbocycles. The highest BCUT2D eigenvalue weighted by Gasteiger charge is 2.11. The van der Waals surface area contributed by atoms with Gasteiger partial charge < -0.3 is 0 Å². The van der Waals surface area contributed by atoms with Crippen LogP contribution in [-0.2, 0) is 0 Å². The van der Waals surface area contributed by atoms with Crippen LogP contribution in [0.2, 0.25) is 0 Å². The molecule has 0 amide bonds. The van der Waals surface area contributed by atoms with Crippen LogP contribution < -0.4 is 5.56 Å². The molecule has 5 heteroatoms. The van der Waals surface area contributed by atoms with Crippen LogP contribution in [0.5, 0.6) is 0 Å². The van der Waals surface area contributed by atoms with Gasteiger partial charge in [0.05, 0.1) is 21.4 Å². The van der Waals surface area contributed by atoms with Crippen molar-refractivity contribution in [3.05, 3.63) is 81.3 Å². The minimum absolute atomic E-state index is 0.220. The third-order valence-electron chi connectivity index (χ3n) is 3.22. The van der Waals surface area contributed by atoms with Gasteiger partial charge in [-0.3, -0.25) is 14.3 Å². The summed E-state index contributed by atoms with van der Waals surface area (Å²) in [6.45, 7) is 0. The zero-order valence-corrected chi connectivity index (χ0v) is 13.0. The second kappa shape index (κ2) is 5.96. The van der Waals surface area contributed by atoms with Crippen molar-refractivity contribution in [2.75, 3.05) is 0 Å². The number of halogens is 1. The second-order valence-electron chi connectivity index (χ2n) is 4.60. The molecule has 2 heterocycles. The van der Waals surface area contributed by atoms with E-state index in [1.807, 2.05) is 18.2 Å². The third-order valence-corrected chi connectivity index (χ3v) is 3.79. The topological polar surface area (TPSA) is 58.7 Å². The van der Waals surface area contributed by atoms with E-state index in [1.165, 1.54) is 4.57 Å². The minimum Gasteiger partial charge on any atom is -0.281 e. The Balaban J connectivity index is 2.27. The molecule has 0 saturated heterocycles. The first kappa shape index (κ1) is 14.2. The average Bonchev–Trinajstić information content (AvgIpc) is 2.58. The molecule has 1 aromatic carbocycles. The van der Waals surface area contributed by atoms with Crippen LogP contribution in [0.15, 0.2) is 70.2 Å². The largest absolute Gasteiger partial charge is 0.281 e. The summed E-state index contributed by atoms with van der Waals surface area (Å²) in [6.07, 6.45) is 3.40. The van der Waals surface area contributed by atoms with Crippen molar-refractivity contribution in [2.45, 2.75) is 0 Å². The van der Waals surface area contributed by atoms with Crippen LogP contribution >= 0.6 is 15.9 Å². The highest BCUT2D eigenvalue weighted by atomic mass is 79.9. The lowest BCUT2D eigenvalue weighted by Crippen LogP contribution is -2.19. The summed E-state index contributed by atoms with van der Waals surface area (Å²) >= 11 is 3.29. The van der Waals surface area contributed by atoms with Crippen LogP contribution in [0.1, 0.15) is 5.56 Å². The first-order chi connectivity index (χ1) is 10.7. The molecule has 0 aliphatic rings. The van der Waals surface area contributed by atoms with Crippen LogP contribution in [-0.4, -0.2) is 9.55 Å². The third kappa shape index (κ3) is 2.57. The van der Waals surface area contributed by atoms with Gasteiger partial charge in [0.1, 0.15) is 6.07 Å². The molecule has 2 aromatic heterocycles. The van der Waals surface area contributed by atoms with Crippen LogP contribution in [0, 0.1) is 11.3 Å². The maximum absolute atomic E-state index is 12.4. The summed E-state index contributed by atoms with van der Waals surface area (Å²) in [5, 5.41) is 9.24. The summed E-state index contributed by atoms with van der Waals surface area (Å²) in [4.78, 5) is 16.7. The van der Waals surface area contributed by atoms with Gasteiger partial charge in [0.25, 0.3) is 5.56 Å². The molecular formula is C17H10BrN3O. The van der Waals surface area contributed by atoms with Gasteiger partial charge in [-0.2, -0.15) is 5.26 Å². The van der Waals surface area contributed by atoms with E-state index in [2.05, 4.69) is 27.0 Å². The van der Waals surface area contributed by atoms with Gasteiger partial charge >= 0.3 is 0 Å². The first-order valence-corrected chi connectivity index (χ1v) is 7.33. The van der Waals surface area contributed by atoms with E-state index >= 15 is 0 Å². The lowest BCUT2D eigenvalue weighted by molar-refractivity contribution is 0.976. The number of hydrogen-bond acceptors (Lipinski definition) is 3. The Bertz CT molecular complexity index is 927. The molecule has 0 radical (unpaired) electrons. The number of nitrogens with zero attached hydrogens (tertiary/aromatic N) is 3. The van der Waals surface area contributed by atoms with Crippen molar-refractivity contribution in [1.82, 2.24) is 9.55 Å². The molecule has 0 spiro atoms. The summed E-state index contributed by atoms with van der Waals surface area (Å²) in [5.74, 6) is 0. The van der Waals surface area contributed by atoms with Crippen LogP contribution in [0.3, 0.4) is 0 Å². The second-order valence-corrected chi connectivity index (χ2v) is 5.45. The van der Waals surface area contributed by atoms with E-state index in [0.717, 1.165) is 11.3 Å². The quantitative estimate of drug-likeness (QED) is 0.709. The molecule has 0 atom stereocenters.